The quantitative estimate of drug-likeness (QED) is 0.930. The number of rotatable bonds is 3. The maximum absolute atomic E-state index is 12.2. The monoisotopic (exact) mass is 330 g/mol. The van der Waals surface area contributed by atoms with Crippen LogP contribution >= 0.6 is 11.6 Å². The third-order valence-corrected chi connectivity index (χ3v) is 4.14. The van der Waals surface area contributed by atoms with Gasteiger partial charge in [0.1, 0.15) is 0 Å². The summed E-state index contributed by atoms with van der Waals surface area (Å²) in [7, 11) is 0. The standard InChI is InChI=1S/C17H19ClN4O/c18-14-5-7-15(8-6-14)21-16(23)13-11-19-17(20-12-13)22-9-3-1-2-4-10-22/h5-8,11-12H,1-4,9-10H2,(H,21,23). The molecule has 5 nitrogen and oxygen atoms in total. The summed E-state index contributed by atoms with van der Waals surface area (Å²) in [6.45, 7) is 1.96. The minimum absolute atomic E-state index is 0.227. The van der Waals surface area contributed by atoms with Crippen molar-refractivity contribution in [3.63, 3.8) is 0 Å². The molecule has 1 aromatic carbocycles. The van der Waals surface area contributed by atoms with E-state index in [1.54, 1.807) is 36.7 Å². The van der Waals surface area contributed by atoms with E-state index < -0.39 is 0 Å². The second-order valence-corrected chi connectivity index (χ2v) is 6.07. The lowest BCUT2D eigenvalue weighted by Crippen LogP contribution is -2.26. The lowest BCUT2D eigenvalue weighted by atomic mass is 10.2. The van der Waals surface area contributed by atoms with Crippen LogP contribution in [0.1, 0.15) is 36.0 Å². The van der Waals surface area contributed by atoms with Crippen LogP contribution in [0.5, 0.6) is 0 Å². The number of hydrogen-bond acceptors (Lipinski definition) is 4. The molecule has 1 N–H and O–H groups in total. The molecule has 6 heteroatoms. The Morgan fingerprint density at radius 1 is 1.00 bits per heavy atom. The van der Waals surface area contributed by atoms with E-state index >= 15 is 0 Å². The van der Waals surface area contributed by atoms with Crippen molar-refractivity contribution in [2.45, 2.75) is 25.7 Å². The van der Waals surface area contributed by atoms with Crippen molar-refractivity contribution < 1.29 is 4.79 Å². The van der Waals surface area contributed by atoms with Crippen molar-refractivity contribution >= 4 is 29.1 Å². The van der Waals surface area contributed by atoms with Crippen LogP contribution in [-0.2, 0) is 0 Å². The van der Waals surface area contributed by atoms with E-state index in [1.165, 1.54) is 25.7 Å². The molecule has 1 aromatic heterocycles. The topological polar surface area (TPSA) is 58.1 Å². The van der Waals surface area contributed by atoms with Gasteiger partial charge in [-0.05, 0) is 37.1 Å². The molecule has 1 aliphatic heterocycles. The average Bonchev–Trinajstić information content (AvgIpc) is 2.86. The van der Waals surface area contributed by atoms with Crippen molar-refractivity contribution in [2.24, 2.45) is 0 Å². The molecule has 23 heavy (non-hydrogen) atoms. The van der Waals surface area contributed by atoms with E-state index in [2.05, 4.69) is 20.2 Å². The van der Waals surface area contributed by atoms with Crippen LogP contribution < -0.4 is 10.2 Å². The highest BCUT2D eigenvalue weighted by molar-refractivity contribution is 6.30. The number of nitrogens with zero attached hydrogens (tertiary/aromatic N) is 3. The molecule has 0 aliphatic carbocycles. The Kier molecular flexibility index (Phi) is 5.08. The molecule has 1 aliphatic rings. The lowest BCUT2D eigenvalue weighted by Gasteiger charge is -2.19. The first-order chi connectivity index (χ1) is 11.2. The van der Waals surface area contributed by atoms with E-state index in [0.29, 0.717) is 22.2 Å². The van der Waals surface area contributed by atoms with Crippen molar-refractivity contribution in [3.8, 4) is 0 Å². The number of halogens is 1. The Bertz CT molecular complexity index is 649. The van der Waals surface area contributed by atoms with Gasteiger partial charge in [-0.1, -0.05) is 24.4 Å². The molecule has 0 saturated carbocycles. The van der Waals surface area contributed by atoms with Crippen LogP contribution in [0.3, 0.4) is 0 Å². The SMILES string of the molecule is O=C(Nc1ccc(Cl)cc1)c1cnc(N2CCCCCC2)nc1. The van der Waals surface area contributed by atoms with Crippen LogP contribution in [0.15, 0.2) is 36.7 Å². The van der Waals surface area contributed by atoms with E-state index in [0.717, 1.165) is 13.1 Å². The predicted octanol–water partition coefficient (Wildman–Crippen LogP) is 3.76. The smallest absolute Gasteiger partial charge is 0.258 e. The molecule has 1 amide bonds. The number of carbonyl (C=O) groups is 1. The maximum atomic E-state index is 12.2. The van der Waals surface area contributed by atoms with Gasteiger partial charge in [-0.25, -0.2) is 9.97 Å². The first-order valence-electron chi connectivity index (χ1n) is 7.86. The second-order valence-electron chi connectivity index (χ2n) is 5.63. The van der Waals surface area contributed by atoms with Gasteiger partial charge in [-0.2, -0.15) is 0 Å². The van der Waals surface area contributed by atoms with Crippen molar-refractivity contribution in [1.82, 2.24) is 9.97 Å². The Labute approximate surface area is 140 Å². The Morgan fingerprint density at radius 2 is 1.61 bits per heavy atom. The van der Waals surface area contributed by atoms with Gasteiger partial charge in [0.2, 0.25) is 5.95 Å². The van der Waals surface area contributed by atoms with E-state index in [-0.39, 0.29) is 5.91 Å². The zero-order valence-electron chi connectivity index (χ0n) is 12.8. The minimum atomic E-state index is -0.227. The fourth-order valence-corrected chi connectivity index (χ4v) is 2.73. The zero-order valence-corrected chi connectivity index (χ0v) is 13.6. The lowest BCUT2D eigenvalue weighted by molar-refractivity contribution is 0.102. The highest BCUT2D eigenvalue weighted by Crippen LogP contribution is 2.16. The third-order valence-electron chi connectivity index (χ3n) is 3.89. The van der Waals surface area contributed by atoms with Crippen LogP contribution in [0, 0.1) is 0 Å². The normalized spacial score (nSPS) is 15.1. The van der Waals surface area contributed by atoms with Gasteiger partial charge in [0, 0.05) is 36.2 Å². The summed E-state index contributed by atoms with van der Waals surface area (Å²) in [5.74, 6) is 0.477. The van der Waals surface area contributed by atoms with Crippen LogP contribution in [-0.4, -0.2) is 29.0 Å². The highest BCUT2D eigenvalue weighted by Gasteiger charge is 2.13. The highest BCUT2D eigenvalue weighted by atomic mass is 35.5. The molecule has 0 unspecified atom stereocenters. The summed E-state index contributed by atoms with van der Waals surface area (Å²) in [6, 6.07) is 6.98. The Balaban J connectivity index is 1.66. The molecule has 2 heterocycles. The first kappa shape index (κ1) is 15.7. The molecule has 0 spiro atoms. The maximum Gasteiger partial charge on any atom is 0.258 e. The van der Waals surface area contributed by atoms with Crippen LogP contribution in [0.4, 0.5) is 11.6 Å². The fourth-order valence-electron chi connectivity index (χ4n) is 2.61. The number of nitrogens with one attached hydrogen (secondary N) is 1. The van der Waals surface area contributed by atoms with E-state index in [9.17, 15) is 4.79 Å². The Hall–Kier alpha value is -2.14. The first-order valence-corrected chi connectivity index (χ1v) is 8.24. The molecule has 1 saturated heterocycles. The molecule has 0 radical (unpaired) electrons. The minimum Gasteiger partial charge on any atom is -0.341 e. The van der Waals surface area contributed by atoms with Gasteiger partial charge >= 0.3 is 0 Å². The number of amides is 1. The van der Waals surface area contributed by atoms with Crippen molar-refractivity contribution in [1.29, 1.82) is 0 Å². The van der Waals surface area contributed by atoms with Gasteiger partial charge in [0.15, 0.2) is 0 Å². The summed E-state index contributed by atoms with van der Waals surface area (Å²) in [4.78, 5) is 23.1. The average molecular weight is 331 g/mol. The van der Waals surface area contributed by atoms with Gasteiger partial charge in [0.05, 0.1) is 5.56 Å². The van der Waals surface area contributed by atoms with Gasteiger partial charge in [-0.15, -0.1) is 0 Å². The molecule has 2 aromatic rings. The van der Waals surface area contributed by atoms with Crippen molar-refractivity contribution in [2.75, 3.05) is 23.3 Å². The summed E-state index contributed by atoms with van der Waals surface area (Å²) in [5, 5.41) is 3.44. The number of anilines is 2. The number of carbonyl (C=O) groups excluding carboxylic acids is 1. The van der Waals surface area contributed by atoms with Gasteiger partial charge in [-0.3, -0.25) is 4.79 Å². The predicted molar refractivity (Wildman–Crippen MR) is 92.1 cm³/mol. The second kappa shape index (κ2) is 7.42. The van der Waals surface area contributed by atoms with Gasteiger partial charge in [0.25, 0.3) is 5.91 Å². The van der Waals surface area contributed by atoms with Crippen LogP contribution in [0.25, 0.3) is 0 Å². The van der Waals surface area contributed by atoms with Crippen molar-refractivity contribution in [3.05, 3.63) is 47.2 Å². The number of benzene rings is 1. The summed E-state index contributed by atoms with van der Waals surface area (Å²) in [6.07, 6.45) is 8.03. The summed E-state index contributed by atoms with van der Waals surface area (Å²) < 4.78 is 0. The zero-order chi connectivity index (χ0) is 16.1. The van der Waals surface area contributed by atoms with Gasteiger partial charge < -0.3 is 10.2 Å². The summed E-state index contributed by atoms with van der Waals surface area (Å²) >= 11 is 5.83. The molecule has 0 atom stereocenters. The molecule has 1 fully saturated rings. The molecule has 120 valence electrons. The molecule has 0 bridgehead atoms. The third kappa shape index (κ3) is 4.20. The largest absolute Gasteiger partial charge is 0.341 e. The number of hydrogen-bond donors (Lipinski definition) is 1. The van der Waals surface area contributed by atoms with E-state index in [1.807, 2.05) is 0 Å². The fraction of sp³-hybridized carbons (Fsp3) is 0.353. The molecule has 3 rings (SSSR count). The molecular weight excluding hydrogens is 312 g/mol. The van der Waals surface area contributed by atoms with Crippen LogP contribution in [0.2, 0.25) is 5.02 Å². The summed E-state index contributed by atoms with van der Waals surface area (Å²) in [5.41, 5.74) is 1.13. The number of aromatic nitrogens is 2. The molecular formula is C17H19ClN4O. The Morgan fingerprint density at radius 3 is 2.22 bits per heavy atom. The van der Waals surface area contributed by atoms with E-state index in [4.69, 9.17) is 11.6 Å².